The van der Waals surface area contributed by atoms with Gasteiger partial charge in [0.05, 0.1) is 0 Å². The lowest BCUT2D eigenvalue weighted by atomic mass is 9.74. The summed E-state index contributed by atoms with van der Waals surface area (Å²) in [5.41, 5.74) is 2.71. The van der Waals surface area contributed by atoms with Crippen LogP contribution in [0.15, 0.2) is 24.3 Å². The molecule has 19 heavy (non-hydrogen) atoms. The van der Waals surface area contributed by atoms with E-state index in [0.29, 0.717) is 6.04 Å². The van der Waals surface area contributed by atoms with E-state index >= 15 is 0 Å². The zero-order valence-electron chi connectivity index (χ0n) is 12.9. The van der Waals surface area contributed by atoms with Crippen molar-refractivity contribution in [3.8, 4) is 0 Å². The molecule has 1 aromatic carbocycles. The normalized spacial score (nSPS) is 27.5. The van der Waals surface area contributed by atoms with Crippen LogP contribution in [0.2, 0.25) is 0 Å². The van der Waals surface area contributed by atoms with Crippen LogP contribution < -0.4 is 5.32 Å². The van der Waals surface area contributed by atoms with Gasteiger partial charge in [-0.3, -0.25) is 0 Å². The van der Waals surface area contributed by atoms with Gasteiger partial charge in [0.25, 0.3) is 0 Å². The van der Waals surface area contributed by atoms with Gasteiger partial charge in [-0.05, 0) is 54.7 Å². The SMILES string of the molecule is CCc1ccc(NC2CC(C)CCC2C(C)C)cc1. The monoisotopic (exact) mass is 259 g/mol. The molecule has 1 N–H and O–H groups in total. The number of aryl methyl sites for hydroxylation is 1. The number of hydrogen-bond donors (Lipinski definition) is 1. The van der Waals surface area contributed by atoms with E-state index in [-0.39, 0.29) is 0 Å². The summed E-state index contributed by atoms with van der Waals surface area (Å²) in [5, 5.41) is 3.79. The van der Waals surface area contributed by atoms with E-state index in [4.69, 9.17) is 0 Å². The van der Waals surface area contributed by atoms with E-state index in [1.165, 1.54) is 30.5 Å². The summed E-state index contributed by atoms with van der Waals surface area (Å²) in [5.74, 6) is 2.46. The minimum Gasteiger partial charge on any atom is -0.382 e. The molecular formula is C18H29N. The van der Waals surface area contributed by atoms with Crippen LogP contribution in [0, 0.1) is 17.8 Å². The predicted octanol–water partition coefficient (Wildman–Crippen LogP) is 5.12. The van der Waals surface area contributed by atoms with E-state index < -0.39 is 0 Å². The average molecular weight is 259 g/mol. The third-order valence-corrected chi connectivity index (χ3v) is 4.74. The number of benzene rings is 1. The molecule has 0 spiro atoms. The van der Waals surface area contributed by atoms with Gasteiger partial charge in [-0.1, -0.05) is 46.2 Å². The van der Waals surface area contributed by atoms with E-state index in [9.17, 15) is 0 Å². The van der Waals surface area contributed by atoms with Crippen molar-refractivity contribution in [2.45, 2.75) is 59.4 Å². The van der Waals surface area contributed by atoms with Gasteiger partial charge in [0.15, 0.2) is 0 Å². The number of rotatable bonds is 4. The van der Waals surface area contributed by atoms with Crippen molar-refractivity contribution in [1.82, 2.24) is 0 Å². The highest BCUT2D eigenvalue weighted by Gasteiger charge is 2.30. The number of hydrogen-bond acceptors (Lipinski definition) is 1. The van der Waals surface area contributed by atoms with Crippen molar-refractivity contribution in [3.05, 3.63) is 29.8 Å². The summed E-state index contributed by atoms with van der Waals surface area (Å²) in [6.07, 6.45) is 5.22. The second kappa shape index (κ2) is 6.45. The van der Waals surface area contributed by atoms with Crippen molar-refractivity contribution in [1.29, 1.82) is 0 Å². The van der Waals surface area contributed by atoms with E-state index in [1.807, 2.05) is 0 Å². The summed E-state index contributed by atoms with van der Waals surface area (Å²) in [4.78, 5) is 0. The van der Waals surface area contributed by atoms with Gasteiger partial charge < -0.3 is 5.32 Å². The van der Waals surface area contributed by atoms with Crippen molar-refractivity contribution in [3.63, 3.8) is 0 Å². The van der Waals surface area contributed by atoms with Gasteiger partial charge in [0, 0.05) is 11.7 Å². The Kier molecular flexibility index (Phi) is 4.90. The summed E-state index contributed by atoms with van der Waals surface area (Å²) in [6, 6.07) is 9.64. The zero-order valence-corrected chi connectivity index (χ0v) is 12.9. The topological polar surface area (TPSA) is 12.0 Å². The molecule has 1 aromatic rings. The molecule has 1 fully saturated rings. The molecule has 0 heterocycles. The highest BCUT2D eigenvalue weighted by molar-refractivity contribution is 5.45. The minimum absolute atomic E-state index is 0.649. The molecule has 0 aliphatic heterocycles. The Balaban J connectivity index is 2.05. The van der Waals surface area contributed by atoms with Crippen LogP contribution in [-0.2, 0) is 6.42 Å². The molecule has 1 heteroatoms. The molecule has 0 saturated heterocycles. The fraction of sp³-hybridized carbons (Fsp3) is 0.667. The van der Waals surface area contributed by atoms with Crippen LogP contribution in [0.25, 0.3) is 0 Å². The van der Waals surface area contributed by atoms with Crippen LogP contribution in [0.5, 0.6) is 0 Å². The smallest absolute Gasteiger partial charge is 0.0342 e. The van der Waals surface area contributed by atoms with Gasteiger partial charge in [0.1, 0.15) is 0 Å². The summed E-state index contributed by atoms with van der Waals surface area (Å²) < 4.78 is 0. The fourth-order valence-electron chi connectivity index (χ4n) is 3.42. The van der Waals surface area contributed by atoms with Crippen LogP contribution in [0.1, 0.15) is 52.5 Å². The first-order valence-electron chi connectivity index (χ1n) is 7.95. The lowest BCUT2D eigenvalue weighted by Gasteiger charge is -2.38. The lowest BCUT2D eigenvalue weighted by Crippen LogP contribution is -2.37. The Bertz CT molecular complexity index is 379. The Labute approximate surface area is 118 Å². The molecular weight excluding hydrogens is 230 g/mol. The first-order chi connectivity index (χ1) is 9.10. The molecule has 1 aliphatic rings. The van der Waals surface area contributed by atoms with E-state index in [0.717, 1.165) is 24.2 Å². The maximum absolute atomic E-state index is 3.79. The lowest BCUT2D eigenvalue weighted by molar-refractivity contribution is 0.212. The third-order valence-electron chi connectivity index (χ3n) is 4.74. The van der Waals surface area contributed by atoms with Gasteiger partial charge in [-0.25, -0.2) is 0 Å². The maximum Gasteiger partial charge on any atom is 0.0342 e. The Hall–Kier alpha value is -0.980. The van der Waals surface area contributed by atoms with E-state index in [1.54, 1.807) is 0 Å². The molecule has 0 amide bonds. The number of anilines is 1. The largest absolute Gasteiger partial charge is 0.382 e. The fourth-order valence-corrected chi connectivity index (χ4v) is 3.42. The predicted molar refractivity (Wildman–Crippen MR) is 84.6 cm³/mol. The Morgan fingerprint density at radius 2 is 1.84 bits per heavy atom. The summed E-state index contributed by atoms with van der Waals surface area (Å²) in [6.45, 7) is 9.34. The van der Waals surface area contributed by atoms with Crippen LogP contribution in [0.3, 0.4) is 0 Å². The molecule has 1 saturated carbocycles. The van der Waals surface area contributed by atoms with Gasteiger partial charge >= 0.3 is 0 Å². The van der Waals surface area contributed by atoms with Crippen molar-refractivity contribution in [2.24, 2.45) is 17.8 Å². The van der Waals surface area contributed by atoms with Gasteiger partial charge in [0.2, 0.25) is 0 Å². The highest BCUT2D eigenvalue weighted by Crippen LogP contribution is 2.35. The Morgan fingerprint density at radius 1 is 1.16 bits per heavy atom. The van der Waals surface area contributed by atoms with Crippen molar-refractivity contribution < 1.29 is 0 Å². The van der Waals surface area contributed by atoms with Crippen molar-refractivity contribution in [2.75, 3.05) is 5.32 Å². The minimum atomic E-state index is 0.649. The maximum atomic E-state index is 3.79. The van der Waals surface area contributed by atoms with Crippen LogP contribution in [0.4, 0.5) is 5.69 Å². The molecule has 3 atom stereocenters. The van der Waals surface area contributed by atoms with E-state index in [2.05, 4.69) is 57.3 Å². The molecule has 3 unspecified atom stereocenters. The van der Waals surface area contributed by atoms with Gasteiger partial charge in [-0.2, -0.15) is 0 Å². The van der Waals surface area contributed by atoms with Crippen LogP contribution >= 0.6 is 0 Å². The number of nitrogens with one attached hydrogen (secondary N) is 1. The molecule has 2 rings (SSSR count). The summed E-state index contributed by atoms with van der Waals surface area (Å²) in [7, 11) is 0. The standard InChI is InChI=1S/C18H29N/c1-5-15-7-9-16(10-8-15)19-18-12-14(4)6-11-17(18)13(2)3/h7-10,13-14,17-19H,5-6,11-12H2,1-4H3. The molecule has 1 nitrogen and oxygen atoms in total. The molecule has 0 bridgehead atoms. The van der Waals surface area contributed by atoms with Crippen LogP contribution in [-0.4, -0.2) is 6.04 Å². The zero-order chi connectivity index (χ0) is 13.8. The van der Waals surface area contributed by atoms with Gasteiger partial charge in [-0.15, -0.1) is 0 Å². The quantitative estimate of drug-likeness (QED) is 0.791. The second-order valence-electron chi connectivity index (χ2n) is 6.63. The average Bonchev–Trinajstić information content (AvgIpc) is 2.39. The third kappa shape index (κ3) is 3.75. The summed E-state index contributed by atoms with van der Waals surface area (Å²) >= 11 is 0. The first-order valence-corrected chi connectivity index (χ1v) is 7.95. The molecule has 0 aromatic heterocycles. The molecule has 106 valence electrons. The molecule has 0 radical (unpaired) electrons. The Morgan fingerprint density at radius 3 is 2.42 bits per heavy atom. The molecule has 1 aliphatic carbocycles. The highest BCUT2D eigenvalue weighted by atomic mass is 14.9. The van der Waals surface area contributed by atoms with Crippen molar-refractivity contribution >= 4 is 5.69 Å². The second-order valence-corrected chi connectivity index (χ2v) is 6.63. The first kappa shape index (κ1) is 14.4.